The highest BCUT2D eigenvalue weighted by atomic mass is 79.9. The molecule has 1 aromatic rings. The Kier molecular flexibility index (Phi) is 5.05. The van der Waals surface area contributed by atoms with Gasteiger partial charge >= 0.3 is 0 Å². The van der Waals surface area contributed by atoms with Crippen molar-refractivity contribution in [3.8, 4) is 0 Å². The highest BCUT2D eigenvalue weighted by Crippen LogP contribution is 2.22. The molecule has 0 N–H and O–H groups in total. The molecule has 0 aliphatic heterocycles. The predicted octanol–water partition coefficient (Wildman–Crippen LogP) is 4.01. The van der Waals surface area contributed by atoms with Crippen molar-refractivity contribution in [2.24, 2.45) is 0 Å². The van der Waals surface area contributed by atoms with Crippen molar-refractivity contribution in [1.29, 1.82) is 0 Å². The number of hydrogen-bond acceptors (Lipinski definition) is 1. The zero-order valence-corrected chi connectivity index (χ0v) is 11.7. The first kappa shape index (κ1) is 13.8. The Balaban J connectivity index is 2.89. The van der Waals surface area contributed by atoms with Crippen molar-refractivity contribution in [3.63, 3.8) is 0 Å². The molecule has 0 heterocycles. The van der Waals surface area contributed by atoms with Crippen LogP contribution in [0.2, 0.25) is 0 Å². The van der Waals surface area contributed by atoms with E-state index in [-0.39, 0.29) is 16.7 Å². The lowest BCUT2D eigenvalue weighted by atomic mass is 10.1. The summed E-state index contributed by atoms with van der Waals surface area (Å²) >= 11 is 6.17. The average molecular weight is 356 g/mol. The molecule has 1 rings (SSSR count). The lowest BCUT2D eigenvalue weighted by Gasteiger charge is -2.09. The van der Waals surface area contributed by atoms with Gasteiger partial charge in [-0.3, -0.25) is 4.79 Å². The van der Waals surface area contributed by atoms with Crippen molar-refractivity contribution in [1.82, 2.24) is 0 Å². The van der Waals surface area contributed by atoms with Gasteiger partial charge in [0.2, 0.25) is 0 Å². The van der Waals surface area contributed by atoms with E-state index >= 15 is 0 Å². The van der Waals surface area contributed by atoms with Crippen LogP contribution in [-0.4, -0.2) is 10.6 Å². The first-order chi connectivity index (χ1) is 7.45. The molecule has 0 aromatic heterocycles. The lowest BCUT2D eigenvalue weighted by molar-refractivity contribution is -0.118. The van der Waals surface area contributed by atoms with Gasteiger partial charge in [-0.15, -0.1) is 0 Å². The predicted molar refractivity (Wildman–Crippen MR) is 65.8 cm³/mol. The van der Waals surface area contributed by atoms with Gasteiger partial charge in [0.05, 0.1) is 9.30 Å². The van der Waals surface area contributed by atoms with Crippen LogP contribution >= 0.6 is 31.9 Å². The van der Waals surface area contributed by atoms with E-state index in [2.05, 4.69) is 31.9 Å². The molecule has 0 aliphatic carbocycles. The number of ketones is 1. The van der Waals surface area contributed by atoms with Crippen LogP contribution in [0.4, 0.5) is 8.78 Å². The summed E-state index contributed by atoms with van der Waals surface area (Å²) in [7, 11) is 0. The molecule has 1 unspecified atom stereocenters. The van der Waals surface area contributed by atoms with E-state index in [0.717, 1.165) is 6.07 Å². The largest absolute Gasteiger partial charge is 0.298 e. The van der Waals surface area contributed by atoms with E-state index in [1.165, 1.54) is 6.07 Å². The number of benzene rings is 1. The SMILES string of the molecule is CCC(=O)C(Br)Cc1cc(Br)c(F)cc1F. The average Bonchev–Trinajstić information content (AvgIpc) is 2.24. The summed E-state index contributed by atoms with van der Waals surface area (Å²) in [4.78, 5) is 10.9. The van der Waals surface area contributed by atoms with Gasteiger partial charge in [0.25, 0.3) is 0 Å². The van der Waals surface area contributed by atoms with Gasteiger partial charge in [0.15, 0.2) is 0 Å². The molecule has 88 valence electrons. The zero-order chi connectivity index (χ0) is 12.3. The van der Waals surface area contributed by atoms with E-state index in [1.807, 2.05) is 0 Å². The molecule has 0 bridgehead atoms. The lowest BCUT2D eigenvalue weighted by Crippen LogP contribution is -2.16. The van der Waals surface area contributed by atoms with Gasteiger partial charge in [0, 0.05) is 12.5 Å². The molecular formula is C11H10Br2F2O. The summed E-state index contributed by atoms with van der Waals surface area (Å²) in [5.74, 6) is -1.27. The van der Waals surface area contributed by atoms with Crippen LogP contribution in [-0.2, 0) is 11.2 Å². The van der Waals surface area contributed by atoms with Gasteiger partial charge in [0.1, 0.15) is 17.4 Å². The maximum Gasteiger partial charge on any atom is 0.146 e. The third kappa shape index (κ3) is 3.35. The first-order valence-corrected chi connectivity index (χ1v) is 6.46. The smallest absolute Gasteiger partial charge is 0.146 e. The topological polar surface area (TPSA) is 17.1 Å². The molecular weight excluding hydrogens is 346 g/mol. The molecule has 1 nitrogen and oxygen atoms in total. The molecule has 16 heavy (non-hydrogen) atoms. The van der Waals surface area contributed by atoms with E-state index in [1.54, 1.807) is 6.92 Å². The molecule has 0 saturated carbocycles. The summed E-state index contributed by atoms with van der Waals surface area (Å²) in [6.45, 7) is 1.74. The quantitative estimate of drug-likeness (QED) is 0.589. The molecule has 0 saturated heterocycles. The van der Waals surface area contributed by atoms with Crippen LogP contribution in [0.25, 0.3) is 0 Å². The molecule has 0 aliphatic rings. The fourth-order valence-electron chi connectivity index (χ4n) is 1.25. The van der Waals surface area contributed by atoms with E-state index in [9.17, 15) is 13.6 Å². The Labute approximate surface area is 109 Å². The fourth-order valence-corrected chi connectivity index (χ4v) is 2.31. The van der Waals surface area contributed by atoms with Crippen LogP contribution in [0.5, 0.6) is 0 Å². The summed E-state index contributed by atoms with van der Waals surface area (Å²) in [6.07, 6.45) is 0.608. The van der Waals surface area contributed by atoms with E-state index < -0.39 is 16.5 Å². The number of rotatable bonds is 4. The second kappa shape index (κ2) is 5.87. The van der Waals surface area contributed by atoms with Crippen molar-refractivity contribution >= 4 is 37.6 Å². The Hall–Kier alpha value is -0.290. The summed E-state index contributed by atoms with van der Waals surface area (Å²) in [6, 6.07) is 2.18. The van der Waals surface area contributed by atoms with E-state index in [0.29, 0.717) is 12.0 Å². The molecule has 0 fully saturated rings. The monoisotopic (exact) mass is 354 g/mol. The minimum absolute atomic E-state index is 0.000141. The molecule has 0 amide bonds. The van der Waals surface area contributed by atoms with Crippen molar-refractivity contribution in [2.45, 2.75) is 24.6 Å². The maximum atomic E-state index is 13.4. The molecule has 0 spiro atoms. The molecule has 1 atom stereocenters. The number of carbonyl (C=O) groups is 1. The van der Waals surface area contributed by atoms with Crippen LogP contribution in [0.3, 0.4) is 0 Å². The number of halogens is 4. The second-order valence-electron chi connectivity index (χ2n) is 3.35. The number of hydrogen-bond donors (Lipinski definition) is 0. The number of alkyl halides is 1. The Morgan fingerprint density at radius 3 is 2.56 bits per heavy atom. The number of Topliss-reactive ketones (excluding diaryl/α,β-unsaturated/α-hetero) is 1. The van der Waals surface area contributed by atoms with Crippen LogP contribution in [0.1, 0.15) is 18.9 Å². The van der Waals surface area contributed by atoms with Crippen LogP contribution in [0, 0.1) is 11.6 Å². The number of carbonyl (C=O) groups excluding carboxylic acids is 1. The minimum Gasteiger partial charge on any atom is -0.298 e. The molecule has 0 radical (unpaired) electrons. The summed E-state index contributed by atoms with van der Waals surface area (Å²) in [5.41, 5.74) is 0.317. The van der Waals surface area contributed by atoms with Gasteiger partial charge in [-0.1, -0.05) is 22.9 Å². The van der Waals surface area contributed by atoms with Crippen molar-refractivity contribution in [2.75, 3.05) is 0 Å². The van der Waals surface area contributed by atoms with Gasteiger partial charge in [-0.2, -0.15) is 0 Å². The second-order valence-corrected chi connectivity index (χ2v) is 5.31. The van der Waals surface area contributed by atoms with Crippen LogP contribution < -0.4 is 0 Å². The van der Waals surface area contributed by atoms with Crippen molar-refractivity contribution in [3.05, 3.63) is 33.8 Å². The van der Waals surface area contributed by atoms with Gasteiger partial charge < -0.3 is 0 Å². The zero-order valence-electron chi connectivity index (χ0n) is 8.57. The highest BCUT2D eigenvalue weighted by molar-refractivity contribution is 9.10. The molecule has 1 aromatic carbocycles. The Bertz CT molecular complexity index is 407. The fraction of sp³-hybridized carbons (Fsp3) is 0.364. The summed E-state index contributed by atoms with van der Waals surface area (Å²) in [5, 5.41) is 0. The minimum atomic E-state index is -0.644. The third-order valence-electron chi connectivity index (χ3n) is 2.19. The Morgan fingerprint density at radius 2 is 2.00 bits per heavy atom. The van der Waals surface area contributed by atoms with Gasteiger partial charge in [-0.25, -0.2) is 8.78 Å². The van der Waals surface area contributed by atoms with Gasteiger partial charge in [-0.05, 0) is 34.0 Å². The normalized spacial score (nSPS) is 12.6. The van der Waals surface area contributed by atoms with Crippen LogP contribution in [0.15, 0.2) is 16.6 Å². The van der Waals surface area contributed by atoms with E-state index in [4.69, 9.17) is 0 Å². The Morgan fingerprint density at radius 1 is 1.38 bits per heavy atom. The third-order valence-corrected chi connectivity index (χ3v) is 3.63. The standard InChI is InChI=1S/C11H10Br2F2O/c1-2-11(16)8(13)4-6-3-7(12)10(15)5-9(6)14/h3,5,8H,2,4H2,1H3. The maximum absolute atomic E-state index is 13.4. The summed E-state index contributed by atoms with van der Waals surface area (Å²) < 4.78 is 26.5. The van der Waals surface area contributed by atoms with Crippen molar-refractivity contribution < 1.29 is 13.6 Å². The highest BCUT2D eigenvalue weighted by Gasteiger charge is 2.17. The molecule has 5 heteroatoms. The first-order valence-electron chi connectivity index (χ1n) is 4.76.